The Bertz CT molecular complexity index is 756. The van der Waals surface area contributed by atoms with Crippen molar-refractivity contribution in [3.63, 3.8) is 0 Å². The molecular weight excluding hydrogens is 328 g/mol. The number of hydrogen-bond acceptors (Lipinski definition) is 4. The summed E-state index contributed by atoms with van der Waals surface area (Å²) in [6.45, 7) is 3.31. The average molecular weight is 343 g/mol. The minimum absolute atomic E-state index is 0.0122. The van der Waals surface area contributed by atoms with Gasteiger partial charge in [0, 0.05) is 11.2 Å². The molecule has 6 nitrogen and oxygen atoms in total. The molecule has 0 bridgehead atoms. The fourth-order valence-corrected chi connectivity index (χ4v) is 3.20. The van der Waals surface area contributed by atoms with E-state index in [1.54, 1.807) is 31.2 Å². The average Bonchev–Trinajstić information content (AvgIpc) is 2.43. The Morgan fingerprint density at radius 3 is 2.68 bits per heavy atom. The van der Waals surface area contributed by atoms with Crippen LogP contribution < -0.4 is 0 Å². The third-order valence-corrected chi connectivity index (χ3v) is 4.69. The maximum atomic E-state index is 12.1. The molecule has 0 fully saturated rings. The Kier molecular flexibility index (Phi) is 4.87. The van der Waals surface area contributed by atoms with E-state index in [4.69, 9.17) is 16.3 Å². The van der Waals surface area contributed by atoms with E-state index in [2.05, 4.69) is 4.40 Å². The molecule has 1 aromatic rings. The molecule has 0 atom stereocenters. The molecule has 2 rings (SSSR count). The monoisotopic (exact) mass is 342 g/mol. The van der Waals surface area contributed by atoms with E-state index in [1.807, 2.05) is 0 Å². The van der Waals surface area contributed by atoms with Crippen molar-refractivity contribution in [3.8, 4) is 0 Å². The molecular formula is C14H15ClN2O4S. The lowest BCUT2D eigenvalue weighted by atomic mass is 10.2. The summed E-state index contributed by atoms with van der Waals surface area (Å²) in [4.78, 5) is 11.9. The molecule has 1 aliphatic rings. The zero-order valence-corrected chi connectivity index (χ0v) is 13.7. The minimum Gasteiger partial charge on any atom is -0.462 e. The van der Waals surface area contributed by atoms with Crippen LogP contribution in [0.15, 0.2) is 40.4 Å². The predicted molar refractivity (Wildman–Crippen MR) is 83.7 cm³/mol. The Balaban J connectivity index is 2.36. The third-order valence-electron chi connectivity index (χ3n) is 2.99. The molecule has 22 heavy (non-hydrogen) atoms. The van der Waals surface area contributed by atoms with Gasteiger partial charge in [-0.3, -0.25) is 4.31 Å². The zero-order valence-electron chi connectivity index (χ0n) is 12.1. The lowest BCUT2D eigenvalue weighted by molar-refractivity contribution is -0.137. The van der Waals surface area contributed by atoms with Crippen LogP contribution in [0.4, 0.5) is 0 Å². The van der Waals surface area contributed by atoms with Crippen LogP contribution >= 0.6 is 11.6 Å². The summed E-state index contributed by atoms with van der Waals surface area (Å²) >= 11 is 6.04. The molecule has 1 aromatic carbocycles. The number of benzene rings is 1. The van der Waals surface area contributed by atoms with Crippen LogP contribution in [0.2, 0.25) is 5.02 Å². The lowest BCUT2D eigenvalue weighted by Gasteiger charge is -2.23. The summed E-state index contributed by atoms with van der Waals surface area (Å²) in [6, 6.07) is 6.87. The maximum Gasteiger partial charge on any atom is 0.344 e. The third kappa shape index (κ3) is 3.48. The van der Waals surface area contributed by atoms with Gasteiger partial charge in [0.25, 0.3) is 0 Å². The van der Waals surface area contributed by atoms with E-state index >= 15 is 0 Å². The summed E-state index contributed by atoms with van der Waals surface area (Å²) in [6.07, 6.45) is 1.24. The van der Waals surface area contributed by atoms with E-state index < -0.39 is 16.2 Å². The standard InChI is InChI=1S/C14H15ClN2O4S/c1-3-21-14(18)12-9-17(22(19,20)16-10(12)2)8-11-6-4-5-7-13(11)15/h4-7,9H,3,8H2,1-2H3. The number of carbonyl (C=O) groups excluding carboxylic acids is 1. The first kappa shape index (κ1) is 16.5. The van der Waals surface area contributed by atoms with Crippen LogP contribution in [-0.2, 0) is 26.3 Å². The van der Waals surface area contributed by atoms with E-state index in [0.717, 1.165) is 4.31 Å². The van der Waals surface area contributed by atoms with Crippen molar-refractivity contribution in [2.24, 2.45) is 4.40 Å². The summed E-state index contributed by atoms with van der Waals surface area (Å²) in [5.41, 5.74) is 0.833. The van der Waals surface area contributed by atoms with Gasteiger partial charge in [0.2, 0.25) is 0 Å². The highest BCUT2D eigenvalue weighted by Crippen LogP contribution is 2.23. The molecule has 0 radical (unpaired) electrons. The zero-order chi connectivity index (χ0) is 16.3. The van der Waals surface area contributed by atoms with E-state index in [1.165, 1.54) is 13.1 Å². The van der Waals surface area contributed by atoms with E-state index in [9.17, 15) is 13.2 Å². The SMILES string of the molecule is CCOC(=O)C1=CN(Cc2ccccc2Cl)S(=O)(=O)N=C1C. The Morgan fingerprint density at radius 1 is 1.36 bits per heavy atom. The Hall–Kier alpha value is -1.86. The fourth-order valence-electron chi connectivity index (χ4n) is 1.91. The second-order valence-electron chi connectivity index (χ2n) is 4.55. The van der Waals surface area contributed by atoms with Gasteiger partial charge in [0.15, 0.2) is 0 Å². The number of nitrogens with zero attached hydrogens (tertiary/aromatic N) is 2. The molecule has 0 spiro atoms. The molecule has 0 N–H and O–H groups in total. The van der Waals surface area contributed by atoms with E-state index in [0.29, 0.717) is 10.6 Å². The van der Waals surface area contributed by atoms with E-state index in [-0.39, 0.29) is 24.4 Å². The van der Waals surface area contributed by atoms with Crippen LogP contribution in [0.25, 0.3) is 0 Å². The predicted octanol–water partition coefficient (Wildman–Crippen LogP) is 2.31. The molecule has 0 saturated heterocycles. The van der Waals surface area contributed by atoms with Gasteiger partial charge in [-0.15, -0.1) is 4.40 Å². The molecule has 1 aliphatic heterocycles. The molecule has 0 aliphatic carbocycles. The largest absolute Gasteiger partial charge is 0.462 e. The van der Waals surface area contributed by atoms with Crippen molar-refractivity contribution >= 4 is 33.5 Å². The number of halogens is 1. The van der Waals surface area contributed by atoms with Gasteiger partial charge >= 0.3 is 16.2 Å². The van der Waals surface area contributed by atoms with Crippen molar-refractivity contribution in [1.82, 2.24) is 4.31 Å². The second-order valence-corrected chi connectivity index (χ2v) is 6.51. The summed E-state index contributed by atoms with van der Waals surface area (Å²) in [5.74, 6) is -0.609. The topological polar surface area (TPSA) is 76.0 Å². The van der Waals surface area contributed by atoms with Crippen molar-refractivity contribution in [1.29, 1.82) is 0 Å². The van der Waals surface area contributed by atoms with Gasteiger partial charge < -0.3 is 4.74 Å². The Labute approximate surface area is 134 Å². The van der Waals surface area contributed by atoms with Crippen LogP contribution in [-0.4, -0.2) is 31.0 Å². The summed E-state index contributed by atoms with van der Waals surface area (Å²) < 4.78 is 33.8. The van der Waals surface area contributed by atoms with Gasteiger partial charge in [0.05, 0.1) is 24.4 Å². The van der Waals surface area contributed by atoms with Crippen LogP contribution in [0.1, 0.15) is 19.4 Å². The minimum atomic E-state index is -3.89. The highest BCUT2D eigenvalue weighted by Gasteiger charge is 2.29. The number of esters is 1. The summed E-state index contributed by atoms with van der Waals surface area (Å²) in [5, 5.41) is 0.440. The highest BCUT2D eigenvalue weighted by atomic mass is 35.5. The quantitative estimate of drug-likeness (QED) is 0.787. The number of rotatable bonds is 4. The molecule has 118 valence electrons. The van der Waals surface area contributed by atoms with Crippen LogP contribution in [0, 0.1) is 0 Å². The molecule has 1 heterocycles. The molecule has 8 heteroatoms. The first-order valence-electron chi connectivity index (χ1n) is 6.56. The number of hydrogen-bond donors (Lipinski definition) is 0. The van der Waals surface area contributed by atoms with Crippen molar-refractivity contribution in [2.45, 2.75) is 20.4 Å². The normalized spacial score (nSPS) is 16.8. The van der Waals surface area contributed by atoms with Gasteiger partial charge in [0.1, 0.15) is 0 Å². The van der Waals surface area contributed by atoms with Crippen molar-refractivity contribution in [3.05, 3.63) is 46.6 Å². The van der Waals surface area contributed by atoms with Crippen LogP contribution in [0.3, 0.4) is 0 Å². The van der Waals surface area contributed by atoms with Crippen LogP contribution in [0.5, 0.6) is 0 Å². The fraction of sp³-hybridized carbons (Fsp3) is 0.286. The first-order valence-corrected chi connectivity index (χ1v) is 8.33. The van der Waals surface area contributed by atoms with Crippen molar-refractivity contribution in [2.75, 3.05) is 6.61 Å². The molecule has 0 aromatic heterocycles. The summed E-state index contributed by atoms with van der Waals surface area (Å²) in [7, 11) is -3.89. The second kappa shape index (κ2) is 6.50. The number of ether oxygens (including phenoxy) is 1. The Morgan fingerprint density at radius 2 is 2.05 bits per heavy atom. The van der Waals surface area contributed by atoms with Gasteiger partial charge in [-0.1, -0.05) is 29.8 Å². The lowest BCUT2D eigenvalue weighted by Crippen LogP contribution is -2.31. The van der Waals surface area contributed by atoms with Gasteiger partial charge in [-0.25, -0.2) is 4.79 Å². The van der Waals surface area contributed by atoms with Gasteiger partial charge in [-0.05, 0) is 25.5 Å². The highest BCUT2D eigenvalue weighted by molar-refractivity contribution is 7.88. The molecule has 0 unspecified atom stereocenters. The number of carbonyl (C=O) groups is 1. The maximum absolute atomic E-state index is 12.1. The van der Waals surface area contributed by atoms with Gasteiger partial charge in [-0.2, -0.15) is 8.42 Å². The smallest absolute Gasteiger partial charge is 0.344 e. The molecule has 0 amide bonds. The molecule has 0 saturated carbocycles. The van der Waals surface area contributed by atoms with Crippen molar-refractivity contribution < 1.29 is 17.9 Å². The first-order chi connectivity index (χ1) is 10.3.